The Kier molecular flexibility index (Phi) is 7.65. The summed E-state index contributed by atoms with van der Waals surface area (Å²) in [7, 11) is -2.56. The number of rotatable bonds is 7. The third-order valence-electron chi connectivity index (χ3n) is 6.37. The van der Waals surface area contributed by atoms with Gasteiger partial charge < -0.3 is 14.1 Å². The van der Waals surface area contributed by atoms with E-state index in [2.05, 4.69) is 96.3 Å². The number of hydrogen-bond acceptors (Lipinski definition) is 5. The lowest BCUT2D eigenvalue weighted by atomic mass is 10.2. The molecule has 0 bridgehead atoms. The van der Waals surface area contributed by atoms with Gasteiger partial charge in [-0.2, -0.15) is 0 Å². The molecule has 5 nitrogen and oxygen atoms in total. The van der Waals surface area contributed by atoms with Gasteiger partial charge in [0, 0.05) is 13.2 Å². The SMILES string of the molecule is CC1OCc2c(Cl)nc(Cl)nc2N1CCCO[Si](c1ccccc1)(c1ccccc1)C(C)(C)C. The quantitative estimate of drug-likeness (QED) is 0.181. The van der Waals surface area contributed by atoms with Crippen molar-refractivity contribution in [3.8, 4) is 0 Å². The molecule has 1 aromatic heterocycles. The van der Waals surface area contributed by atoms with E-state index in [9.17, 15) is 0 Å². The van der Waals surface area contributed by atoms with Crippen molar-refractivity contribution in [1.82, 2.24) is 9.97 Å². The third-order valence-corrected chi connectivity index (χ3v) is 11.9. The second kappa shape index (κ2) is 10.3. The van der Waals surface area contributed by atoms with Gasteiger partial charge in [0.25, 0.3) is 8.32 Å². The highest BCUT2D eigenvalue weighted by atomic mass is 35.5. The van der Waals surface area contributed by atoms with Gasteiger partial charge in [0.1, 0.15) is 17.2 Å². The smallest absolute Gasteiger partial charge is 0.261 e. The maximum atomic E-state index is 7.01. The van der Waals surface area contributed by atoms with Crippen LogP contribution in [0.15, 0.2) is 60.7 Å². The van der Waals surface area contributed by atoms with Crippen LogP contribution in [0.25, 0.3) is 0 Å². The lowest BCUT2D eigenvalue weighted by Crippen LogP contribution is -2.66. The highest BCUT2D eigenvalue weighted by Gasteiger charge is 2.50. The van der Waals surface area contributed by atoms with Crippen LogP contribution in [0.4, 0.5) is 5.82 Å². The Bertz CT molecular complexity index is 1070. The molecule has 0 spiro atoms. The Hall–Kier alpha value is -1.96. The first-order valence-electron chi connectivity index (χ1n) is 11.6. The van der Waals surface area contributed by atoms with Crippen molar-refractivity contribution in [3.63, 3.8) is 0 Å². The van der Waals surface area contributed by atoms with E-state index in [0.717, 1.165) is 17.8 Å². The number of hydrogen-bond donors (Lipinski definition) is 0. The average molecular weight is 517 g/mol. The maximum Gasteiger partial charge on any atom is 0.261 e. The van der Waals surface area contributed by atoms with Crippen molar-refractivity contribution in [2.24, 2.45) is 0 Å². The first-order valence-corrected chi connectivity index (χ1v) is 14.3. The molecule has 1 aliphatic rings. The van der Waals surface area contributed by atoms with E-state index in [1.807, 2.05) is 6.92 Å². The molecular weight excluding hydrogens is 485 g/mol. The number of halogens is 2. The van der Waals surface area contributed by atoms with Gasteiger partial charge in [-0.05, 0) is 40.4 Å². The van der Waals surface area contributed by atoms with Crippen LogP contribution >= 0.6 is 23.2 Å². The van der Waals surface area contributed by atoms with Crippen LogP contribution in [0.1, 0.15) is 39.7 Å². The molecule has 1 atom stereocenters. The molecule has 2 aromatic carbocycles. The fourth-order valence-electron chi connectivity index (χ4n) is 4.76. The Morgan fingerprint density at radius 1 is 1.00 bits per heavy atom. The number of benzene rings is 2. The summed E-state index contributed by atoms with van der Waals surface area (Å²) in [4.78, 5) is 10.6. The number of ether oxygens (including phenoxy) is 1. The molecule has 2 heterocycles. The summed E-state index contributed by atoms with van der Waals surface area (Å²) in [6.45, 7) is 10.6. The predicted molar refractivity (Wildman–Crippen MR) is 142 cm³/mol. The van der Waals surface area contributed by atoms with Crippen molar-refractivity contribution in [2.45, 2.75) is 52.0 Å². The Labute approximate surface area is 213 Å². The van der Waals surface area contributed by atoms with Gasteiger partial charge in [0.15, 0.2) is 0 Å². The van der Waals surface area contributed by atoms with E-state index in [-0.39, 0.29) is 16.5 Å². The van der Waals surface area contributed by atoms with Crippen LogP contribution in [0.3, 0.4) is 0 Å². The van der Waals surface area contributed by atoms with Crippen LogP contribution in [-0.2, 0) is 15.8 Å². The molecule has 180 valence electrons. The molecule has 0 saturated heterocycles. The molecule has 0 saturated carbocycles. The topological polar surface area (TPSA) is 47.5 Å². The molecule has 0 aliphatic carbocycles. The number of nitrogens with zero attached hydrogens (tertiary/aromatic N) is 3. The first kappa shape index (κ1) is 25.1. The van der Waals surface area contributed by atoms with E-state index in [1.165, 1.54) is 10.4 Å². The van der Waals surface area contributed by atoms with Crippen molar-refractivity contribution >= 4 is 47.7 Å². The van der Waals surface area contributed by atoms with Gasteiger partial charge in [-0.3, -0.25) is 0 Å². The predicted octanol–water partition coefficient (Wildman–Crippen LogP) is 5.43. The third kappa shape index (κ3) is 4.88. The molecule has 8 heteroatoms. The minimum Gasteiger partial charge on any atom is -0.407 e. The van der Waals surface area contributed by atoms with Crippen LogP contribution in [0.5, 0.6) is 0 Å². The molecule has 0 amide bonds. The summed E-state index contributed by atoms with van der Waals surface area (Å²) in [5, 5.41) is 2.99. The van der Waals surface area contributed by atoms with E-state index >= 15 is 0 Å². The van der Waals surface area contributed by atoms with Crippen LogP contribution in [0.2, 0.25) is 15.5 Å². The molecule has 1 unspecified atom stereocenters. The van der Waals surface area contributed by atoms with Crippen LogP contribution in [0, 0.1) is 0 Å². The lowest BCUT2D eigenvalue weighted by molar-refractivity contribution is 0.0384. The van der Waals surface area contributed by atoms with Gasteiger partial charge in [-0.1, -0.05) is 93.0 Å². The first-order chi connectivity index (χ1) is 16.2. The number of fused-ring (bicyclic) bond motifs is 1. The second-order valence-corrected chi connectivity index (χ2v) is 14.6. The maximum absolute atomic E-state index is 7.01. The standard InChI is InChI=1S/C26H31Cl2N3O2Si/c1-19-31(24-22(18-32-19)23(27)29-25(28)30-24)16-11-17-33-34(26(2,3)4,20-12-7-5-8-13-20)21-14-9-6-10-15-21/h5-10,12-15,19H,11,16-18H2,1-4H3. The van der Waals surface area contributed by atoms with Crippen molar-refractivity contribution in [3.05, 3.63) is 76.7 Å². The summed E-state index contributed by atoms with van der Waals surface area (Å²) < 4.78 is 12.9. The zero-order valence-corrected chi connectivity index (χ0v) is 22.6. The van der Waals surface area contributed by atoms with Crippen LogP contribution < -0.4 is 15.3 Å². The minimum atomic E-state index is -2.56. The van der Waals surface area contributed by atoms with Gasteiger partial charge in [-0.15, -0.1) is 0 Å². The Morgan fingerprint density at radius 3 is 2.15 bits per heavy atom. The average Bonchev–Trinajstić information content (AvgIpc) is 2.80. The molecular formula is C26H31Cl2N3O2Si. The Morgan fingerprint density at radius 2 is 1.59 bits per heavy atom. The van der Waals surface area contributed by atoms with Gasteiger partial charge in [0.2, 0.25) is 5.28 Å². The van der Waals surface area contributed by atoms with E-state index in [4.69, 9.17) is 32.4 Å². The Balaban J connectivity index is 1.59. The molecule has 1 aliphatic heterocycles. The van der Waals surface area contributed by atoms with Gasteiger partial charge in [0.05, 0.1) is 12.2 Å². The molecule has 34 heavy (non-hydrogen) atoms. The number of aromatic nitrogens is 2. The fraction of sp³-hybridized carbons (Fsp3) is 0.385. The normalized spacial score (nSPS) is 16.4. The summed E-state index contributed by atoms with van der Waals surface area (Å²) in [5.74, 6) is 0.745. The van der Waals surface area contributed by atoms with Gasteiger partial charge in [-0.25, -0.2) is 9.97 Å². The largest absolute Gasteiger partial charge is 0.407 e. The van der Waals surface area contributed by atoms with E-state index in [1.54, 1.807) is 0 Å². The van der Waals surface area contributed by atoms with Crippen molar-refractivity contribution in [2.75, 3.05) is 18.1 Å². The molecule has 0 radical (unpaired) electrons. The molecule has 0 fully saturated rings. The summed E-state index contributed by atoms with van der Waals surface area (Å²) in [6.07, 6.45) is 0.666. The summed E-state index contributed by atoms with van der Waals surface area (Å²) in [6, 6.07) is 21.4. The number of anilines is 1. The van der Waals surface area contributed by atoms with E-state index < -0.39 is 8.32 Å². The molecule has 4 rings (SSSR count). The fourth-order valence-corrected chi connectivity index (χ4v) is 9.79. The zero-order valence-electron chi connectivity index (χ0n) is 20.1. The highest BCUT2D eigenvalue weighted by molar-refractivity contribution is 6.99. The van der Waals surface area contributed by atoms with Crippen LogP contribution in [-0.4, -0.2) is 37.7 Å². The van der Waals surface area contributed by atoms with Gasteiger partial charge >= 0.3 is 0 Å². The second-order valence-electron chi connectivity index (χ2n) is 9.55. The minimum absolute atomic E-state index is 0.0574. The van der Waals surface area contributed by atoms with E-state index in [0.29, 0.717) is 24.9 Å². The van der Waals surface area contributed by atoms with Crippen molar-refractivity contribution in [1.29, 1.82) is 0 Å². The highest BCUT2D eigenvalue weighted by Crippen LogP contribution is 2.37. The monoisotopic (exact) mass is 515 g/mol. The summed E-state index contributed by atoms with van der Waals surface area (Å²) in [5.41, 5.74) is 0.775. The zero-order chi connectivity index (χ0) is 24.3. The summed E-state index contributed by atoms with van der Waals surface area (Å²) >= 11 is 12.4. The van der Waals surface area contributed by atoms with Crippen molar-refractivity contribution < 1.29 is 9.16 Å². The molecule has 0 N–H and O–H groups in total. The lowest BCUT2D eigenvalue weighted by Gasteiger charge is -2.43. The molecule has 3 aromatic rings.